The van der Waals surface area contributed by atoms with Crippen LogP contribution in [0.3, 0.4) is 0 Å². The van der Waals surface area contributed by atoms with Crippen LogP contribution in [0.4, 0.5) is 14.9 Å². The van der Waals surface area contributed by atoms with Gasteiger partial charge in [-0.3, -0.25) is 9.47 Å². The summed E-state index contributed by atoms with van der Waals surface area (Å²) in [6.45, 7) is 1.73. The molecule has 1 amide bonds. The van der Waals surface area contributed by atoms with E-state index < -0.39 is 11.9 Å². The first-order chi connectivity index (χ1) is 17.4. The van der Waals surface area contributed by atoms with Crippen molar-refractivity contribution in [1.29, 1.82) is 0 Å². The molecule has 4 heterocycles. The minimum absolute atomic E-state index is 0.0626. The number of anilines is 1. The number of hydrogen-bond acceptors (Lipinski definition) is 8. The van der Waals surface area contributed by atoms with Gasteiger partial charge in [-0.05, 0) is 50.2 Å². The summed E-state index contributed by atoms with van der Waals surface area (Å²) in [7, 11) is 1.57. The summed E-state index contributed by atoms with van der Waals surface area (Å²) >= 11 is 0. The lowest BCUT2D eigenvalue weighted by atomic mass is 9.83. The smallest absolute Gasteiger partial charge is 0.415 e. The molecular weight excluding hydrogens is 465 g/mol. The predicted octanol–water partition coefficient (Wildman–Crippen LogP) is 4.00. The molecule has 7 rings (SSSR count). The van der Waals surface area contributed by atoms with Crippen molar-refractivity contribution < 1.29 is 18.7 Å². The molecule has 184 valence electrons. The molecule has 0 spiro atoms. The van der Waals surface area contributed by atoms with Crippen molar-refractivity contribution in [3.63, 3.8) is 0 Å². The fraction of sp³-hybridized carbons (Fsp3) is 0.400. The van der Waals surface area contributed by atoms with E-state index in [1.165, 1.54) is 17.0 Å². The molecule has 2 fully saturated rings. The number of aryl methyl sites for hydroxylation is 1. The topological polar surface area (TPSA) is 121 Å². The van der Waals surface area contributed by atoms with Crippen LogP contribution in [-0.2, 0) is 11.5 Å². The molecular formula is C25H24FN7O3. The normalized spacial score (nSPS) is 25.0. The van der Waals surface area contributed by atoms with Gasteiger partial charge in [0.25, 0.3) is 0 Å². The Morgan fingerprint density at radius 3 is 2.67 bits per heavy atom. The van der Waals surface area contributed by atoms with Gasteiger partial charge in [0.2, 0.25) is 0 Å². The van der Waals surface area contributed by atoms with Crippen LogP contribution < -0.4 is 15.4 Å². The van der Waals surface area contributed by atoms with Crippen molar-refractivity contribution in [1.82, 2.24) is 24.5 Å². The van der Waals surface area contributed by atoms with Crippen LogP contribution in [0.2, 0.25) is 0 Å². The van der Waals surface area contributed by atoms with Crippen molar-refractivity contribution in [2.24, 2.45) is 17.6 Å². The first kappa shape index (κ1) is 21.4. The number of nitrogens with zero attached hydrogens (tertiary/aromatic N) is 6. The SMILES string of the molecule is Cc1ncc(Oc2nc(C3C[C@H]4C[C@@H]3C[C@H]4N)c3c4cc(F)cc5c4n(c3n2)COC(=O)N5C)cn1. The molecule has 2 saturated carbocycles. The molecule has 1 aromatic carbocycles. The fourth-order valence-electron chi connectivity index (χ4n) is 6.27. The number of amides is 1. The maximum atomic E-state index is 14.9. The number of carbonyl (C=O) groups is 1. The maximum Gasteiger partial charge on any atom is 0.415 e. The van der Waals surface area contributed by atoms with Gasteiger partial charge in [0, 0.05) is 29.8 Å². The van der Waals surface area contributed by atoms with Crippen LogP contribution in [0.1, 0.15) is 36.7 Å². The third-order valence-electron chi connectivity index (χ3n) is 7.93. The van der Waals surface area contributed by atoms with Crippen molar-refractivity contribution in [2.75, 3.05) is 11.9 Å². The Hall–Kier alpha value is -3.86. The highest BCUT2D eigenvalue weighted by atomic mass is 19.1. The van der Waals surface area contributed by atoms with Gasteiger partial charge < -0.3 is 15.2 Å². The number of cyclic esters (lactones) is 1. The number of hydrogen-bond donors (Lipinski definition) is 1. The lowest BCUT2D eigenvalue weighted by molar-refractivity contribution is 0.128. The number of carbonyl (C=O) groups excluding carboxylic acids is 1. The van der Waals surface area contributed by atoms with E-state index in [1.54, 1.807) is 30.9 Å². The van der Waals surface area contributed by atoms with Gasteiger partial charge in [0.1, 0.15) is 11.6 Å². The van der Waals surface area contributed by atoms with Gasteiger partial charge in [-0.1, -0.05) is 0 Å². The van der Waals surface area contributed by atoms with Crippen LogP contribution in [0.25, 0.3) is 21.9 Å². The molecule has 2 aliphatic carbocycles. The van der Waals surface area contributed by atoms with E-state index in [9.17, 15) is 9.18 Å². The molecule has 2 bridgehead atoms. The van der Waals surface area contributed by atoms with E-state index in [1.807, 2.05) is 0 Å². The number of halogens is 1. The Kier molecular flexibility index (Phi) is 4.50. The number of fused-ring (bicyclic) bond motifs is 5. The third-order valence-corrected chi connectivity index (χ3v) is 7.93. The summed E-state index contributed by atoms with van der Waals surface area (Å²) in [4.78, 5) is 31.8. The first-order valence-electron chi connectivity index (χ1n) is 12.0. The van der Waals surface area contributed by atoms with Crippen LogP contribution in [0.15, 0.2) is 24.5 Å². The number of nitrogens with two attached hydrogens (primary N) is 1. The minimum Gasteiger partial charge on any atom is -0.427 e. The number of ether oxygens (including phenoxy) is 2. The van der Waals surface area contributed by atoms with E-state index in [2.05, 4.69) is 9.97 Å². The quantitative estimate of drug-likeness (QED) is 0.458. The molecule has 11 heteroatoms. The lowest BCUT2D eigenvalue weighted by Gasteiger charge is -2.26. The van der Waals surface area contributed by atoms with E-state index in [0.717, 1.165) is 30.3 Å². The number of benzene rings is 1. The highest BCUT2D eigenvalue weighted by molar-refractivity contribution is 6.14. The molecule has 1 aliphatic heterocycles. The average Bonchev–Trinajstić information content (AvgIpc) is 3.50. The van der Waals surface area contributed by atoms with Crippen LogP contribution in [0.5, 0.6) is 11.8 Å². The molecule has 0 radical (unpaired) electrons. The van der Waals surface area contributed by atoms with Crippen molar-refractivity contribution in [2.45, 2.75) is 44.9 Å². The van der Waals surface area contributed by atoms with Gasteiger partial charge in [-0.25, -0.2) is 19.2 Å². The highest BCUT2D eigenvalue weighted by Crippen LogP contribution is 2.54. The number of aromatic nitrogens is 5. The Morgan fingerprint density at radius 2 is 1.94 bits per heavy atom. The van der Waals surface area contributed by atoms with E-state index in [0.29, 0.717) is 45.6 Å². The van der Waals surface area contributed by atoms with Gasteiger partial charge in [-0.15, -0.1) is 0 Å². The van der Waals surface area contributed by atoms with Gasteiger partial charge in [0.15, 0.2) is 18.1 Å². The molecule has 4 atom stereocenters. The predicted molar refractivity (Wildman–Crippen MR) is 128 cm³/mol. The Bertz CT molecular complexity index is 1550. The third kappa shape index (κ3) is 3.08. The fourth-order valence-corrected chi connectivity index (χ4v) is 6.27. The van der Waals surface area contributed by atoms with Crippen LogP contribution in [0, 0.1) is 24.6 Å². The molecule has 1 unspecified atom stereocenters. The largest absolute Gasteiger partial charge is 0.427 e. The van der Waals surface area contributed by atoms with Gasteiger partial charge in [-0.2, -0.15) is 9.97 Å². The molecule has 4 aromatic rings. The zero-order valence-electron chi connectivity index (χ0n) is 19.8. The van der Waals surface area contributed by atoms with Crippen molar-refractivity contribution >= 4 is 33.7 Å². The molecule has 0 saturated heterocycles. The summed E-state index contributed by atoms with van der Waals surface area (Å²) in [6, 6.07) is 3.17. The first-order valence-corrected chi connectivity index (χ1v) is 12.0. The van der Waals surface area contributed by atoms with Crippen LogP contribution in [-0.4, -0.2) is 43.7 Å². The molecule has 3 aliphatic rings. The van der Waals surface area contributed by atoms with E-state index >= 15 is 0 Å². The molecule has 36 heavy (non-hydrogen) atoms. The Balaban J connectivity index is 1.50. The summed E-state index contributed by atoms with van der Waals surface area (Å²) < 4.78 is 28.2. The second kappa shape index (κ2) is 7.57. The Labute approximate surface area is 205 Å². The van der Waals surface area contributed by atoms with Crippen molar-refractivity contribution in [3.8, 4) is 11.8 Å². The summed E-state index contributed by atoms with van der Waals surface area (Å²) in [5, 5.41) is 1.41. The summed E-state index contributed by atoms with van der Waals surface area (Å²) in [5.74, 6) is 1.55. The zero-order chi connectivity index (χ0) is 24.7. The minimum atomic E-state index is -0.566. The maximum absolute atomic E-state index is 14.9. The van der Waals surface area contributed by atoms with Crippen molar-refractivity contribution in [3.05, 3.63) is 41.9 Å². The van der Waals surface area contributed by atoms with Gasteiger partial charge in [0.05, 0.1) is 29.3 Å². The summed E-state index contributed by atoms with van der Waals surface area (Å²) in [6.07, 6.45) is 5.47. The average molecular weight is 490 g/mol. The van der Waals surface area contributed by atoms with Crippen LogP contribution >= 0.6 is 0 Å². The highest BCUT2D eigenvalue weighted by Gasteiger charge is 2.46. The monoisotopic (exact) mass is 489 g/mol. The second-order valence-corrected chi connectivity index (χ2v) is 10.0. The van der Waals surface area contributed by atoms with E-state index in [-0.39, 0.29) is 24.7 Å². The standard InChI is InChI=1S/C25H24FN7O3/c1-11-28-8-15(9-29-11)36-24-30-21(16-4-13-3-12(16)5-18(13)27)20-17-6-14(26)7-19-22(17)33(23(20)31-24)10-35-25(34)32(19)2/h6-9,12-13,16,18H,3-5,10,27H2,1-2H3/t12-,13-,16?,18-/m1/s1. The Morgan fingerprint density at radius 1 is 1.14 bits per heavy atom. The van der Waals surface area contributed by atoms with Gasteiger partial charge >= 0.3 is 12.1 Å². The lowest BCUT2D eigenvalue weighted by Crippen LogP contribution is -2.29. The number of rotatable bonds is 3. The zero-order valence-corrected chi connectivity index (χ0v) is 19.8. The van der Waals surface area contributed by atoms with E-state index in [4.69, 9.17) is 25.2 Å². The molecule has 10 nitrogen and oxygen atoms in total. The summed E-state index contributed by atoms with van der Waals surface area (Å²) in [5.41, 5.74) is 8.78. The molecule has 3 aromatic heterocycles. The molecule has 2 N–H and O–H groups in total. The second-order valence-electron chi connectivity index (χ2n) is 10.0.